The van der Waals surface area contributed by atoms with Crippen LogP contribution in [0.3, 0.4) is 0 Å². The molecule has 0 radical (unpaired) electrons. The lowest BCUT2D eigenvalue weighted by molar-refractivity contribution is 0.159. The summed E-state index contributed by atoms with van der Waals surface area (Å²) in [5.41, 5.74) is 7.76. The van der Waals surface area contributed by atoms with Crippen LogP contribution in [0.2, 0.25) is 0 Å². The lowest BCUT2D eigenvalue weighted by Gasteiger charge is -2.08. The summed E-state index contributed by atoms with van der Waals surface area (Å²) in [5, 5.41) is 9.65. The molecule has 14 heavy (non-hydrogen) atoms. The van der Waals surface area contributed by atoms with Crippen molar-refractivity contribution in [1.29, 1.82) is 0 Å². The summed E-state index contributed by atoms with van der Waals surface area (Å²) in [6.07, 6.45) is 0.217. The Bertz CT molecular complexity index is 330. The van der Waals surface area contributed by atoms with Gasteiger partial charge in [0, 0.05) is 6.04 Å². The van der Waals surface area contributed by atoms with Gasteiger partial charge < -0.3 is 15.6 Å². The van der Waals surface area contributed by atoms with Gasteiger partial charge in [0.05, 0.1) is 13.2 Å². The molecular weight excluding hydrogens is 202 g/mol. The predicted molar refractivity (Wildman–Crippen MR) is 56.9 cm³/mol. The molecule has 0 aliphatic heterocycles. The summed E-state index contributed by atoms with van der Waals surface area (Å²) >= 11 is 0. The van der Waals surface area contributed by atoms with Gasteiger partial charge >= 0.3 is 0 Å². The van der Waals surface area contributed by atoms with Crippen molar-refractivity contribution in [2.75, 3.05) is 7.11 Å². The zero-order chi connectivity index (χ0) is 9.42. The summed E-state index contributed by atoms with van der Waals surface area (Å²) in [7, 11) is 1.63. The maximum Gasteiger partial charge on any atom is 0.119 e. The first-order valence-electron chi connectivity index (χ1n) is 4.33. The highest BCUT2D eigenvalue weighted by molar-refractivity contribution is 5.85. The molecule has 0 saturated heterocycles. The number of halogens is 1. The van der Waals surface area contributed by atoms with Gasteiger partial charge in [0.15, 0.2) is 0 Å². The van der Waals surface area contributed by atoms with Crippen LogP contribution < -0.4 is 10.5 Å². The van der Waals surface area contributed by atoms with Gasteiger partial charge in [0.25, 0.3) is 0 Å². The Morgan fingerprint density at radius 1 is 1.50 bits per heavy atom. The Balaban J connectivity index is 0.000000980. The molecule has 1 aromatic rings. The molecule has 0 bridgehead atoms. The highest BCUT2D eigenvalue weighted by atomic mass is 35.5. The topological polar surface area (TPSA) is 55.5 Å². The molecule has 78 valence electrons. The quantitative estimate of drug-likeness (QED) is 0.736. The van der Waals surface area contributed by atoms with Crippen LogP contribution in [0, 0.1) is 0 Å². The van der Waals surface area contributed by atoms with E-state index >= 15 is 0 Å². The number of aliphatic hydroxyl groups is 1. The number of methoxy groups -OCH3 is 1. The maximum atomic E-state index is 9.65. The molecule has 1 aliphatic carbocycles. The normalized spacial score (nSPS) is 23.9. The second kappa shape index (κ2) is 4.17. The Morgan fingerprint density at radius 3 is 2.86 bits per heavy atom. The van der Waals surface area contributed by atoms with Gasteiger partial charge in [-0.15, -0.1) is 12.4 Å². The van der Waals surface area contributed by atoms with E-state index in [-0.39, 0.29) is 18.4 Å². The summed E-state index contributed by atoms with van der Waals surface area (Å²) in [6.45, 7) is 0. The first-order valence-corrected chi connectivity index (χ1v) is 4.33. The highest BCUT2D eigenvalue weighted by Gasteiger charge is 2.27. The first kappa shape index (κ1) is 11.3. The van der Waals surface area contributed by atoms with Crippen LogP contribution in [-0.4, -0.2) is 18.3 Å². The number of nitrogens with two attached hydrogens (primary N) is 1. The molecule has 3 nitrogen and oxygen atoms in total. The monoisotopic (exact) mass is 215 g/mol. The lowest BCUT2D eigenvalue weighted by Crippen LogP contribution is -2.24. The highest BCUT2D eigenvalue weighted by Crippen LogP contribution is 2.32. The predicted octanol–water partition coefficient (Wildman–Crippen LogP) is 1.03. The van der Waals surface area contributed by atoms with Gasteiger partial charge in [0.1, 0.15) is 5.75 Å². The minimum Gasteiger partial charge on any atom is -0.497 e. The van der Waals surface area contributed by atoms with E-state index < -0.39 is 6.10 Å². The molecule has 4 heteroatoms. The van der Waals surface area contributed by atoms with Crippen molar-refractivity contribution in [3.05, 3.63) is 29.3 Å². The van der Waals surface area contributed by atoms with Gasteiger partial charge in [-0.3, -0.25) is 0 Å². The molecule has 0 heterocycles. The van der Waals surface area contributed by atoms with E-state index in [0.717, 1.165) is 23.3 Å². The third-order valence-electron chi connectivity index (χ3n) is 2.53. The Hall–Kier alpha value is -0.770. The molecule has 0 fully saturated rings. The molecule has 1 aromatic carbocycles. The summed E-state index contributed by atoms with van der Waals surface area (Å²) < 4.78 is 5.09. The van der Waals surface area contributed by atoms with Crippen LogP contribution in [0.4, 0.5) is 0 Å². The van der Waals surface area contributed by atoms with Crippen LogP contribution in [0.5, 0.6) is 5.75 Å². The smallest absolute Gasteiger partial charge is 0.119 e. The van der Waals surface area contributed by atoms with Gasteiger partial charge in [-0.1, -0.05) is 6.07 Å². The maximum absolute atomic E-state index is 9.65. The standard InChI is InChI=1S/C10H13NO2.ClH/c1-13-7-2-3-8-6(4-7)5-9(11)10(8)12;/h2-4,9-10,12H,5,11H2,1H3;1H. The number of rotatable bonds is 1. The average Bonchev–Trinajstić information content (AvgIpc) is 2.42. The number of hydrogen-bond donors (Lipinski definition) is 2. The van der Waals surface area contributed by atoms with Gasteiger partial charge in [-0.05, 0) is 29.7 Å². The fourth-order valence-electron chi connectivity index (χ4n) is 1.77. The van der Waals surface area contributed by atoms with Crippen molar-refractivity contribution in [1.82, 2.24) is 0 Å². The van der Waals surface area contributed by atoms with Crippen molar-refractivity contribution in [2.24, 2.45) is 5.73 Å². The van der Waals surface area contributed by atoms with Gasteiger partial charge in [-0.25, -0.2) is 0 Å². The number of aliphatic hydroxyl groups excluding tert-OH is 1. The number of benzene rings is 1. The number of hydrogen-bond acceptors (Lipinski definition) is 3. The van der Waals surface area contributed by atoms with Crippen LogP contribution in [0.25, 0.3) is 0 Å². The molecule has 2 atom stereocenters. The van der Waals surface area contributed by atoms with Crippen molar-refractivity contribution >= 4 is 12.4 Å². The zero-order valence-corrected chi connectivity index (χ0v) is 8.75. The molecule has 1 aliphatic rings. The molecule has 0 saturated carbocycles. The second-order valence-corrected chi connectivity index (χ2v) is 3.38. The minimum absolute atomic E-state index is 0. The Morgan fingerprint density at radius 2 is 2.21 bits per heavy atom. The third kappa shape index (κ3) is 1.71. The zero-order valence-electron chi connectivity index (χ0n) is 7.93. The molecule has 2 rings (SSSR count). The van der Waals surface area contributed by atoms with Gasteiger partial charge in [0.2, 0.25) is 0 Å². The summed E-state index contributed by atoms with van der Waals surface area (Å²) in [5.74, 6) is 0.819. The van der Waals surface area contributed by atoms with E-state index in [1.54, 1.807) is 7.11 Å². The Kier molecular flexibility index (Phi) is 3.37. The van der Waals surface area contributed by atoms with E-state index in [1.807, 2.05) is 18.2 Å². The molecule has 2 unspecified atom stereocenters. The largest absolute Gasteiger partial charge is 0.497 e. The third-order valence-corrected chi connectivity index (χ3v) is 2.53. The fraction of sp³-hybridized carbons (Fsp3) is 0.400. The van der Waals surface area contributed by atoms with Crippen LogP contribution >= 0.6 is 12.4 Å². The molecule has 3 N–H and O–H groups in total. The van der Waals surface area contributed by atoms with Crippen LogP contribution in [-0.2, 0) is 6.42 Å². The summed E-state index contributed by atoms with van der Waals surface area (Å²) in [6, 6.07) is 5.50. The van der Waals surface area contributed by atoms with E-state index in [4.69, 9.17) is 10.5 Å². The van der Waals surface area contributed by atoms with Crippen molar-refractivity contribution in [2.45, 2.75) is 18.6 Å². The number of ether oxygens (including phenoxy) is 1. The SMILES string of the molecule is COc1ccc2c(c1)CC(N)C2O.Cl. The Labute approximate surface area is 89.3 Å². The van der Waals surface area contributed by atoms with E-state index in [2.05, 4.69) is 0 Å². The van der Waals surface area contributed by atoms with Crippen molar-refractivity contribution < 1.29 is 9.84 Å². The van der Waals surface area contributed by atoms with E-state index in [9.17, 15) is 5.11 Å². The van der Waals surface area contributed by atoms with Crippen LogP contribution in [0.15, 0.2) is 18.2 Å². The number of fused-ring (bicyclic) bond motifs is 1. The fourth-order valence-corrected chi connectivity index (χ4v) is 1.77. The average molecular weight is 216 g/mol. The van der Waals surface area contributed by atoms with E-state index in [1.165, 1.54) is 0 Å². The van der Waals surface area contributed by atoms with E-state index in [0.29, 0.717) is 0 Å². The molecular formula is C10H14ClNO2. The van der Waals surface area contributed by atoms with Crippen molar-refractivity contribution in [3.63, 3.8) is 0 Å². The van der Waals surface area contributed by atoms with Crippen molar-refractivity contribution in [3.8, 4) is 5.75 Å². The molecule has 0 aromatic heterocycles. The second-order valence-electron chi connectivity index (χ2n) is 3.38. The molecule has 0 amide bonds. The minimum atomic E-state index is -0.513. The lowest BCUT2D eigenvalue weighted by atomic mass is 10.1. The summed E-state index contributed by atoms with van der Waals surface area (Å²) in [4.78, 5) is 0. The first-order chi connectivity index (χ1) is 6.22. The van der Waals surface area contributed by atoms with Gasteiger partial charge in [-0.2, -0.15) is 0 Å². The van der Waals surface area contributed by atoms with Crippen LogP contribution in [0.1, 0.15) is 17.2 Å². The molecule has 0 spiro atoms.